The van der Waals surface area contributed by atoms with E-state index >= 15 is 0 Å². The zero-order valence-corrected chi connectivity index (χ0v) is 15.0. The molecule has 0 radical (unpaired) electrons. The topological polar surface area (TPSA) is 65.5 Å². The van der Waals surface area contributed by atoms with Gasteiger partial charge in [-0.2, -0.15) is 0 Å². The van der Waals surface area contributed by atoms with Crippen LogP contribution in [0.3, 0.4) is 0 Å². The van der Waals surface area contributed by atoms with Crippen molar-refractivity contribution >= 4 is 23.2 Å². The molecule has 0 aliphatic heterocycles. The fraction of sp³-hybridized carbons (Fsp3) is 0.625. The zero-order valence-electron chi connectivity index (χ0n) is 14.2. The van der Waals surface area contributed by atoms with E-state index in [4.69, 9.17) is 0 Å². The van der Waals surface area contributed by atoms with Gasteiger partial charge in [0.2, 0.25) is 5.91 Å². The van der Waals surface area contributed by atoms with Crippen molar-refractivity contribution < 1.29 is 4.79 Å². The molecule has 0 unspecified atom stereocenters. The van der Waals surface area contributed by atoms with E-state index in [1.165, 1.54) is 4.88 Å². The summed E-state index contributed by atoms with van der Waals surface area (Å²) in [6, 6.07) is 4.23. The van der Waals surface area contributed by atoms with Crippen molar-refractivity contribution in [1.29, 1.82) is 0 Å². The zero-order chi connectivity index (χ0) is 16.6. The molecule has 22 heavy (non-hydrogen) atoms. The van der Waals surface area contributed by atoms with E-state index in [0.29, 0.717) is 13.1 Å². The molecule has 3 N–H and O–H groups in total. The van der Waals surface area contributed by atoms with Crippen LogP contribution in [-0.2, 0) is 10.2 Å². The molecule has 1 amide bonds. The number of carbonyl (C=O) groups is 1. The van der Waals surface area contributed by atoms with Crippen LogP contribution in [0.25, 0.3) is 0 Å². The van der Waals surface area contributed by atoms with Crippen molar-refractivity contribution in [2.75, 3.05) is 26.7 Å². The summed E-state index contributed by atoms with van der Waals surface area (Å²) in [6.07, 6.45) is 0. The number of thiophene rings is 1. The Labute approximate surface area is 137 Å². The Balaban J connectivity index is 2.33. The highest BCUT2D eigenvalue weighted by atomic mass is 32.1. The lowest BCUT2D eigenvalue weighted by atomic mass is 9.91. The van der Waals surface area contributed by atoms with E-state index in [-0.39, 0.29) is 17.2 Å². The standard InChI is InChI=1S/C16H28N4OS/c1-12(2)14(21)18-8-9-19-15(17-5)20-11-16(3,4)13-7-6-10-22-13/h6-7,10,12H,8-9,11H2,1-5H3,(H,18,21)(H2,17,19,20). The molecule has 0 saturated carbocycles. The summed E-state index contributed by atoms with van der Waals surface area (Å²) in [5, 5.41) is 11.5. The van der Waals surface area contributed by atoms with Crippen molar-refractivity contribution in [1.82, 2.24) is 16.0 Å². The lowest BCUT2D eigenvalue weighted by Crippen LogP contribution is -2.45. The molecule has 0 aliphatic rings. The summed E-state index contributed by atoms with van der Waals surface area (Å²) < 4.78 is 0. The van der Waals surface area contributed by atoms with Crippen LogP contribution in [0, 0.1) is 5.92 Å². The Hall–Kier alpha value is -1.56. The van der Waals surface area contributed by atoms with E-state index in [2.05, 4.69) is 52.3 Å². The third-order valence-electron chi connectivity index (χ3n) is 3.35. The van der Waals surface area contributed by atoms with Crippen LogP contribution < -0.4 is 16.0 Å². The van der Waals surface area contributed by atoms with E-state index in [1.54, 1.807) is 18.4 Å². The molecule has 0 spiro atoms. The van der Waals surface area contributed by atoms with Crippen molar-refractivity contribution in [2.24, 2.45) is 10.9 Å². The number of hydrogen-bond acceptors (Lipinski definition) is 3. The molecule has 1 aromatic rings. The molecule has 5 nitrogen and oxygen atoms in total. The molecule has 0 aromatic carbocycles. The lowest BCUT2D eigenvalue weighted by Gasteiger charge is -2.25. The van der Waals surface area contributed by atoms with Crippen molar-refractivity contribution in [3.63, 3.8) is 0 Å². The van der Waals surface area contributed by atoms with E-state index in [1.807, 2.05) is 13.8 Å². The highest BCUT2D eigenvalue weighted by Gasteiger charge is 2.21. The second-order valence-corrected chi connectivity index (χ2v) is 7.11. The maximum Gasteiger partial charge on any atom is 0.222 e. The summed E-state index contributed by atoms with van der Waals surface area (Å²) in [5.41, 5.74) is 0.0532. The van der Waals surface area contributed by atoms with Crippen molar-refractivity contribution in [3.05, 3.63) is 22.4 Å². The Bertz CT molecular complexity index is 480. The molecule has 0 bridgehead atoms. The minimum absolute atomic E-state index is 0.0176. The smallest absolute Gasteiger partial charge is 0.222 e. The highest BCUT2D eigenvalue weighted by molar-refractivity contribution is 7.10. The molecule has 1 aromatic heterocycles. The van der Waals surface area contributed by atoms with Gasteiger partial charge in [-0.15, -0.1) is 11.3 Å². The van der Waals surface area contributed by atoms with Gasteiger partial charge in [0.15, 0.2) is 5.96 Å². The minimum atomic E-state index is 0.0176. The third-order valence-corrected chi connectivity index (χ3v) is 4.59. The predicted octanol–water partition coefficient (Wildman–Crippen LogP) is 1.96. The first-order valence-corrected chi connectivity index (χ1v) is 8.51. The molecule has 6 heteroatoms. The second kappa shape index (κ2) is 8.78. The molecule has 0 atom stereocenters. The van der Waals surface area contributed by atoms with Crippen LogP contribution in [0.5, 0.6) is 0 Å². The molecule has 0 aliphatic carbocycles. The number of aliphatic imine (C=N–C) groups is 1. The minimum Gasteiger partial charge on any atom is -0.356 e. The SMILES string of the molecule is CN=C(NCCNC(=O)C(C)C)NCC(C)(C)c1cccs1. The molecule has 124 valence electrons. The largest absolute Gasteiger partial charge is 0.356 e. The monoisotopic (exact) mass is 324 g/mol. The first-order valence-electron chi connectivity index (χ1n) is 7.63. The summed E-state index contributed by atoms with van der Waals surface area (Å²) in [7, 11) is 1.75. The molecular weight excluding hydrogens is 296 g/mol. The predicted molar refractivity (Wildman–Crippen MR) is 94.6 cm³/mol. The van der Waals surface area contributed by atoms with Crippen molar-refractivity contribution in [2.45, 2.75) is 33.1 Å². The van der Waals surface area contributed by atoms with Gasteiger partial charge in [-0.05, 0) is 11.4 Å². The van der Waals surface area contributed by atoms with Gasteiger partial charge in [-0.25, -0.2) is 0 Å². The fourth-order valence-electron chi connectivity index (χ4n) is 1.85. The number of guanidine groups is 1. The summed E-state index contributed by atoms with van der Waals surface area (Å²) in [5.74, 6) is 0.844. The van der Waals surface area contributed by atoms with Gasteiger partial charge < -0.3 is 16.0 Å². The summed E-state index contributed by atoms with van der Waals surface area (Å²) >= 11 is 1.77. The Morgan fingerprint density at radius 3 is 2.50 bits per heavy atom. The quantitative estimate of drug-likeness (QED) is 0.408. The lowest BCUT2D eigenvalue weighted by molar-refractivity contribution is -0.123. The van der Waals surface area contributed by atoms with E-state index in [0.717, 1.165) is 12.5 Å². The average Bonchev–Trinajstić information content (AvgIpc) is 3.01. The Morgan fingerprint density at radius 1 is 1.27 bits per heavy atom. The van der Waals surface area contributed by atoms with Gasteiger partial charge in [0, 0.05) is 42.9 Å². The molecular formula is C16H28N4OS. The molecule has 0 fully saturated rings. The maximum absolute atomic E-state index is 11.5. The average molecular weight is 324 g/mol. The van der Waals surface area contributed by atoms with Gasteiger partial charge in [-0.1, -0.05) is 33.8 Å². The van der Waals surface area contributed by atoms with Gasteiger partial charge in [-0.3, -0.25) is 9.79 Å². The number of nitrogens with one attached hydrogen (secondary N) is 3. The number of nitrogens with zero attached hydrogens (tertiary/aromatic N) is 1. The first-order chi connectivity index (χ1) is 10.4. The van der Waals surface area contributed by atoms with Crippen LogP contribution in [-0.4, -0.2) is 38.5 Å². The fourth-order valence-corrected chi connectivity index (χ4v) is 2.70. The van der Waals surface area contributed by atoms with Gasteiger partial charge in [0.25, 0.3) is 0 Å². The first kappa shape index (κ1) is 18.5. The van der Waals surface area contributed by atoms with Gasteiger partial charge in [0.05, 0.1) is 0 Å². The molecule has 1 heterocycles. The highest BCUT2D eigenvalue weighted by Crippen LogP contribution is 2.26. The number of hydrogen-bond donors (Lipinski definition) is 3. The van der Waals surface area contributed by atoms with Crippen LogP contribution in [0.1, 0.15) is 32.6 Å². The normalized spacial score (nSPS) is 12.4. The van der Waals surface area contributed by atoms with E-state index in [9.17, 15) is 4.79 Å². The van der Waals surface area contributed by atoms with Crippen LogP contribution in [0.2, 0.25) is 0 Å². The van der Waals surface area contributed by atoms with Crippen LogP contribution >= 0.6 is 11.3 Å². The maximum atomic E-state index is 11.5. The summed E-state index contributed by atoms with van der Waals surface area (Å²) in [6.45, 7) is 10.2. The Kier molecular flexibility index (Phi) is 7.38. The van der Waals surface area contributed by atoms with Crippen molar-refractivity contribution in [3.8, 4) is 0 Å². The summed E-state index contributed by atoms with van der Waals surface area (Å²) in [4.78, 5) is 17.0. The Morgan fingerprint density at radius 2 is 1.95 bits per heavy atom. The number of amides is 1. The van der Waals surface area contributed by atoms with Crippen LogP contribution in [0.15, 0.2) is 22.5 Å². The van der Waals surface area contributed by atoms with Crippen LogP contribution in [0.4, 0.5) is 0 Å². The number of carbonyl (C=O) groups excluding carboxylic acids is 1. The van der Waals surface area contributed by atoms with Gasteiger partial charge >= 0.3 is 0 Å². The van der Waals surface area contributed by atoms with E-state index < -0.39 is 0 Å². The third kappa shape index (κ3) is 6.05. The molecule has 1 rings (SSSR count). The second-order valence-electron chi connectivity index (χ2n) is 6.16. The van der Waals surface area contributed by atoms with Gasteiger partial charge in [0.1, 0.15) is 0 Å². The number of rotatable bonds is 7. The molecule has 0 saturated heterocycles.